The number of ether oxygens (including phenoxy) is 2. The van der Waals surface area contributed by atoms with E-state index in [1.807, 2.05) is 11.8 Å². The molecule has 4 rings (SSSR count). The van der Waals surface area contributed by atoms with E-state index in [9.17, 15) is 9.59 Å². The van der Waals surface area contributed by atoms with Gasteiger partial charge in [0.25, 0.3) is 5.91 Å². The molecule has 0 saturated carbocycles. The third-order valence-electron chi connectivity index (χ3n) is 4.59. The fraction of sp³-hybridized carbons (Fsp3) is 0.556. The molecule has 2 aliphatic rings. The average Bonchev–Trinajstić information content (AvgIpc) is 3.40. The van der Waals surface area contributed by atoms with E-state index in [1.54, 1.807) is 0 Å². The van der Waals surface area contributed by atoms with E-state index < -0.39 is 5.91 Å². The summed E-state index contributed by atoms with van der Waals surface area (Å²) in [5.74, 6) is 2.35. The average molecular weight is 439 g/mol. The minimum absolute atomic E-state index is 0.00964. The molecular weight excluding hydrogens is 416 g/mol. The molecule has 9 nitrogen and oxygen atoms in total. The molecule has 4 heterocycles. The molecule has 2 fully saturated rings. The second kappa shape index (κ2) is 9.70. The smallest absolute Gasteiger partial charge is 0.264 e. The second-order valence-corrected chi connectivity index (χ2v) is 8.98. The van der Waals surface area contributed by atoms with Gasteiger partial charge in [0.05, 0.1) is 6.54 Å². The van der Waals surface area contributed by atoms with Gasteiger partial charge in [0.15, 0.2) is 6.61 Å². The highest BCUT2D eigenvalue weighted by Crippen LogP contribution is 2.31. The van der Waals surface area contributed by atoms with Crippen molar-refractivity contribution in [1.29, 1.82) is 0 Å². The van der Waals surface area contributed by atoms with Crippen molar-refractivity contribution < 1.29 is 18.7 Å². The predicted molar refractivity (Wildman–Crippen MR) is 110 cm³/mol. The number of anilines is 1. The van der Waals surface area contributed by atoms with Gasteiger partial charge >= 0.3 is 0 Å². The number of aromatic nitrogens is 2. The van der Waals surface area contributed by atoms with Crippen LogP contribution >= 0.6 is 23.1 Å². The maximum Gasteiger partial charge on any atom is 0.264 e. The van der Waals surface area contributed by atoms with Crippen molar-refractivity contribution >= 4 is 34.1 Å². The third kappa shape index (κ3) is 5.56. The molecule has 2 aromatic heterocycles. The second-order valence-electron chi connectivity index (χ2n) is 6.75. The normalized spacial score (nSPS) is 19.9. The zero-order valence-corrected chi connectivity index (χ0v) is 17.4. The van der Waals surface area contributed by atoms with E-state index in [4.69, 9.17) is 13.9 Å². The van der Waals surface area contributed by atoms with Crippen LogP contribution in [0.25, 0.3) is 0 Å². The summed E-state index contributed by atoms with van der Waals surface area (Å²) in [6, 6.07) is 1.42. The third-order valence-corrected chi connectivity index (χ3v) is 6.46. The summed E-state index contributed by atoms with van der Waals surface area (Å²) in [6.07, 6.45) is 3.14. The van der Waals surface area contributed by atoms with Crippen LogP contribution in [0.3, 0.4) is 0 Å². The molecular formula is C18H22N4O5S2. The summed E-state index contributed by atoms with van der Waals surface area (Å²) < 4.78 is 16.4. The molecule has 1 amide bonds. The van der Waals surface area contributed by atoms with Crippen LogP contribution in [-0.4, -0.2) is 58.8 Å². The Bertz CT molecular complexity index is 890. The Labute approximate surface area is 175 Å². The van der Waals surface area contributed by atoms with Gasteiger partial charge in [0, 0.05) is 37.3 Å². The molecule has 1 N–H and O–H groups in total. The number of hydrogen-bond donors (Lipinski definition) is 1. The SMILES string of the molecule is O=C(COc1coc(CN2CCSCC2)cc1=O)Nc1nnc([C@H]2CCCO2)s1. The molecule has 156 valence electrons. The highest BCUT2D eigenvalue weighted by atomic mass is 32.2. The number of nitrogens with one attached hydrogen (secondary N) is 1. The van der Waals surface area contributed by atoms with Gasteiger partial charge in [-0.3, -0.25) is 19.8 Å². The number of amides is 1. The number of carbonyl (C=O) groups excluding carboxylic acids is 1. The maximum atomic E-state index is 12.2. The van der Waals surface area contributed by atoms with Gasteiger partial charge in [-0.15, -0.1) is 10.2 Å². The van der Waals surface area contributed by atoms with Crippen molar-refractivity contribution in [2.75, 3.05) is 43.1 Å². The van der Waals surface area contributed by atoms with Crippen LogP contribution in [0.15, 0.2) is 21.5 Å². The van der Waals surface area contributed by atoms with Crippen molar-refractivity contribution in [3.05, 3.63) is 33.3 Å². The van der Waals surface area contributed by atoms with Gasteiger partial charge in [0.2, 0.25) is 16.3 Å². The Balaban J connectivity index is 1.27. The van der Waals surface area contributed by atoms with Gasteiger partial charge in [-0.25, -0.2) is 0 Å². The summed E-state index contributed by atoms with van der Waals surface area (Å²) in [7, 11) is 0. The van der Waals surface area contributed by atoms with Crippen molar-refractivity contribution in [2.45, 2.75) is 25.5 Å². The van der Waals surface area contributed by atoms with Gasteiger partial charge in [-0.2, -0.15) is 11.8 Å². The molecule has 0 bridgehead atoms. The van der Waals surface area contributed by atoms with E-state index in [0.29, 0.717) is 17.4 Å². The summed E-state index contributed by atoms with van der Waals surface area (Å²) in [5, 5.41) is 11.8. The Morgan fingerprint density at radius 1 is 1.34 bits per heavy atom. The first-order chi connectivity index (χ1) is 14.2. The summed E-state index contributed by atoms with van der Waals surface area (Å²) >= 11 is 3.21. The van der Waals surface area contributed by atoms with Crippen molar-refractivity contribution in [3.63, 3.8) is 0 Å². The van der Waals surface area contributed by atoms with Gasteiger partial charge < -0.3 is 13.9 Å². The van der Waals surface area contributed by atoms with Crippen LogP contribution in [0.1, 0.15) is 29.7 Å². The van der Waals surface area contributed by atoms with E-state index >= 15 is 0 Å². The van der Waals surface area contributed by atoms with E-state index in [1.165, 1.54) is 23.7 Å². The number of rotatable bonds is 7. The van der Waals surface area contributed by atoms with Crippen LogP contribution in [0.4, 0.5) is 5.13 Å². The van der Waals surface area contributed by atoms with Gasteiger partial charge in [0.1, 0.15) is 23.1 Å². The number of hydrogen-bond acceptors (Lipinski definition) is 10. The maximum absolute atomic E-state index is 12.2. The largest absolute Gasteiger partial charge is 0.477 e. The Morgan fingerprint density at radius 3 is 2.97 bits per heavy atom. The molecule has 2 aromatic rings. The van der Waals surface area contributed by atoms with E-state index in [-0.39, 0.29) is 23.9 Å². The number of nitrogens with zero attached hydrogens (tertiary/aromatic N) is 3. The molecule has 1 atom stereocenters. The highest BCUT2D eigenvalue weighted by molar-refractivity contribution is 7.99. The molecule has 29 heavy (non-hydrogen) atoms. The lowest BCUT2D eigenvalue weighted by molar-refractivity contribution is -0.118. The molecule has 0 aromatic carbocycles. The summed E-state index contributed by atoms with van der Waals surface area (Å²) in [6.45, 7) is 2.96. The fourth-order valence-corrected chi connectivity index (χ4v) is 4.91. The Hall–Kier alpha value is -1.95. The predicted octanol–water partition coefficient (Wildman–Crippen LogP) is 1.91. The Morgan fingerprint density at radius 2 is 2.21 bits per heavy atom. The quantitative estimate of drug-likeness (QED) is 0.693. The zero-order chi connectivity index (χ0) is 20.1. The fourth-order valence-electron chi connectivity index (χ4n) is 3.09. The topological polar surface area (TPSA) is 107 Å². The van der Waals surface area contributed by atoms with Crippen molar-refractivity contribution in [2.24, 2.45) is 0 Å². The first kappa shape index (κ1) is 20.3. The zero-order valence-electron chi connectivity index (χ0n) is 15.8. The monoisotopic (exact) mass is 438 g/mol. The van der Waals surface area contributed by atoms with Gasteiger partial charge in [-0.05, 0) is 12.8 Å². The molecule has 0 unspecified atom stereocenters. The van der Waals surface area contributed by atoms with Crippen molar-refractivity contribution in [3.8, 4) is 5.75 Å². The minimum Gasteiger partial charge on any atom is -0.477 e. The first-order valence-corrected chi connectivity index (χ1v) is 11.4. The lowest BCUT2D eigenvalue weighted by atomic mass is 10.2. The standard InChI is InChI=1S/C18H22N4O5S2/c23-13-8-12(9-22-3-6-28-7-4-22)26-10-15(13)27-11-16(24)19-18-21-20-17(29-18)14-2-1-5-25-14/h8,10,14H,1-7,9,11H2,(H,19,21,24)/t14-/m1/s1. The molecule has 0 spiro atoms. The van der Waals surface area contributed by atoms with Crippen LogP contribution in [0.5, 0.6) is 5.75 Å². The van der Waals surface area contributed by atoms with Crippen LogP contribution in [0.2, 0.25) is 0 Å². The molecule has 0 radical (unpaired) electrons. The van der Waals surface area contributed by atoms with Crippen LogP contribution in [0, 0.1) is 0 Å². The number of carbonyl (C=O) groups is 1. The molecule has 0 aliphatic carbocycles. The highest BCUT2D eigenvalue weighted by Gasteiger charge is 2.22. The van der Waals surface area contributed by atoms with E-state index in [0.717, 1.165) is 49.1 Å². The Kier molecular flexibility index (Phi) is 6.80. The van der Waals surface area contributed by atoms with Gasteiger partial charge in [-0.1, -0.05) is 11.3 Å². The first-order valence-electron chi connectivity index (χ1n) is 9.47. The summed E-state index contributed by atoms with van der Waals surface area (Å²) in [5.41, 5.74) is -0.304. The lowest BCUT2D eigenvalue weighted by Crippen LogP contribution is -2.32. The lowest BCUT2D eigenvalue weighted by Gasteiger charge is -2.25. The van der Waals surface area contributed by atoms with E-state index in [2.05, 4.69) is 20.4 Å². The molecule has 11 heteroatoms. The van der Waals surface area contributed by atoms with Crippen LogP contribution in [-0.2, 0) is 16.1 Å². The van der Waals surface area contributed by atoms with Crippen molar-refractivity contribution in [1.82, 2.24) is 15.1 Å². The number of thioether (sulfide) groups is 1. The minimum atomic E-state index is -0.422. The summed E-state index contributed by atoms with van der Waals surface area (Å²) in [4.78, 5) is 26.6. The molecule has 2 saturated heterocycles. The molecule has 2 aliphatic heterocycles. The van der Waals surface area contributed by atoms with Crippen LogP contribution < -0.4 is 15.5 Å².